The van der Waals surface area contributed by atoms with Crippen LogP contribution in [0, 0.1) is 0 Å². The first-order chi connectivity index (χ1) is 10.1. The third-order valence-electron chi connectivity index (χ3n) is 3.67. The number of hydrogen-bond acceptors (Lipinski definition) is 3. The monoisotopic (exact) mass is 304 g/mol. The molecular weight excluding hydrogens is 284 g/mol. The van der Waals surface area contributed by atoms with Crippen molar-refractivity contribution in [2.45, 2.75) is 26.0 Å². The van der Waals surface area contributed by atoms with Crippen molar-refractivity contribution in [3.63, 3.8) is 0 Å². The Morgan fingerprint density at radius 1 is 1.38 bits per heavy atom. The number of amides is 1. The van der Waals surface area contributed by atoms with Crippen molar-refractivity contribution in [3.8, 4) is 0 Å². The van der Waals surface area contributed by atoms with E-state index < -0.39 is 0 Å². The van der Waals surface area contributed by atoms with Crippen molar-refractivity contribution in [3.05, 3.63) is 46.4 Å². The average molecular weight is 304 g/mol. The maximum Gasteiger partial charge on any atom is 0.270 e. The van der Waals surface area contributed by atoms with E-state index in [2.05, 4.69) is 11.4 Å². The summed E-state index contributed by atoms with van der Waals surface area (Å²) in [4.78, 5) is 15.9. The number of morpholine rings is 1. The molecule has 5 heteroatoms. The molecule has 1 aliphatic heterocycles. The Balaban J connectivity index is 1.77. The molecule has 0 spiro atoms. The fourth-order valence-corrected chi connectivity index (χ4v) is 3.37. The summed E-state index contributed by atoms with van der Waals surface area (Å²) in [6, 6.07) is 7.97. The van der Waals surface area contributed by atoms with Gasteiger partial charge in [-0.05, 0) is 37.4 Å². The fourth-order valence-electron chi connectivity index (χ4n) is 2.67. The van der Waals surface area contributed by atoms with Crippen molar-refractivity contribution in [1.29, 1.82) is 0 Å². The second kappa shape index (κ2) is 5.66. The molecule has 0 unspecified atom stereocenters. The molecule has 0 atom stereocenters. The third kappa shape index (κ3) is 3.19. The normalized spacial score (nSPS) is 17.9. The van der Waals surface area contributed by atoms with Gasteiger partial charge in [-0.3, -0.25) is 4.79 Å². The number of ether oxygens (including phenoxy) is 1. The zero-order chi connectivity index (χ0) is 14.9. The van der Waals surface area contributed by atoms with Gasteiger partial charge in [0.15, 0.2) is 0 Å². The molecule has 1 saturated heterocycles. The Bertz CT molecular complexity index is 616. The molecule has 0 bridgehead atoms. The summed E-state index contributed by atoms with van der Waals surface area (Å²) in [6.45, 7) is 6.70. The number of hydrogen-bond donors (Lipinski definition) is 0. The molecule has 4 nitrogen and oxygen atoms in total. The van der Waals surface area contributed by atoms with Gasteiger partial charge < -0.3 is 14.2 Å². The lowest BCUT2D eigenvalue weighted by Crippen LogP contribution is -2.50. The van der Waals surface area contributed by atoms with Crippen LogP contribution in [0.1, 0.15) is 29.2 Å². The highest BCUT2D eigenvalue weighted by atomic mass is 32.1. The van der Waals surface area contributed by atoms with E-state index in [4.69, 9.17) is 4.74 Å². The van der Waals surface area contributed by atoms with Crippen LogP contribution in [-0.2, 0) is 11.3 Å². The number of aromatic nitrogens is 1. The maximum absolute atomic E-state index is 12.8. The van der Waals surface area contributed by atoms with Crippen LogP contribution in [0.5, 0.6) is 0 Å². The second-order valence-electron chi connectivity index (χ2n) is 5.94. The number of rotatable bonds is 3. The SMILES string of the molecule is CC1(C)CN(C(=O)c2cccn2Cc2cccs2)CCO1. The number of nitrogens with zero attached hydrogens (tertiary/aromatic N) is 2. The first-order valence-corrected chi connectivity index (χ1v) is 8.04. The van der Waals surface area contributed by atoms with Gasteiger partial charge in [0.1, 0.15) is 5.69 Å². The van der Waals surface area contributed by atoms with Gasteiger partial charge in [0.05, 0.1) is 18.8 Å². The number of carbonyl (C=O) groups excluding carboxylic acids is 1. The van der Waals surface area contributed by atoms with Gasteiger partial charge in [-0.1, -0.05) is 6.07 Å². The minimum absolute atomic E-state index is 0.0907. The third-order valence-corrected chi connectivity index (χ3v) is 4.53. The van der Waals surface area contributed by atoms with Gasteiger partial charge >= 0.3 is 0 Å². The molecule has 0 saturated carbocycles. The predicted octanol–water partition coefficient (Wildman–Crippen LogP) is 2.85. The highest BCUT2D eigenvalue weighted by molar-refractivity contribution is 7.09. The minimum atomic E-state index is -0.265. The van der Waals surface area contributed by atoms with E-state index in [1.165, 1.54) is 4.88 Å². The molecule has 3 heterocycles. The zero-order valence-electron chi connectivity index (χ0n) is 12.4. The van der Waals surface area contributed by atoms with Gasteiger partial charge in [0.25, 0.3) is 5.91 Å². The molecular formula is C16H20N2O2S. The van der Waals surface area contributed by atoms with Gasteiger partial charge in [-0.15, -0.1) is 11.3 Å². The summed E-state index contributed by atoms with van der Waals surface area (Å²) in [5.41, 5.74) is 0.486. The molecule has 1 amide bonds. The number of thiophene rings is 1. The first kappa shape index (κ1) is 14.4. The van der Waals surface area contributed by atoms with Crippen molar-refractivity contribution in [2.75, 3.05) is 19.7 Å². The molecule has 21 heavy (non-hydrogen) atoms. The van der Waals surface area contributed by atoms with Crippen LogP contribution in [0.4, 0.5) is 0 Å². The van der Waals surface area contributed by atoms with Crippen LogP contribution in [0.15, 0.2) is 35.8 Å². The van der Waals surface area contributed by atoms with E-state index in [1.807, 2.05) is 47.7 Å². The van der Waals surface area contributed by atoms with Crippen LogP contribution >= 0.6 is 11.3 Å². The first-order valence-electron chi connectivity index (χ1n) is 7.16. The number of carbonyl (C=O) groups is 1. The topological polar surface area (TPSA) is 34.5 Å². The van der Waals surface area contributed by atoms with Crippen LogP contribution in [0.2, 0.25) is 0 Å². The summed E-state index contributed by atoms with van der Waals surface area (Å²) in [5.74, 6) is 0.0907. The van der Waals surface area contributed by atoms with E-state index in [9.17, 15) is 4.79 Å². The van der Waals surface area contributed by atoms with Crippen LogP contribution < -0.4 is 0 Å². The quantitative estimate of drug-likeness (QED) is 0.874. The Kier molecular flexibility index (Phi) is 3.87. The minimum Gasteiger partial charge on any atom is -0.372 e. The molecule has 0 aromatic carbocycles. The van der Waals surface area contributed by atoms with E-state index in [0.29, 0.717) is 19.7 Å². The molecule has 0 aliphatic carbocycles. The average Bonchev–Trinajstić information content (AvgIpc) is 3.09. The lowest BCUT2D eigenvalue weighted by Gasteiger charge is -2.38. The van der Waals surface area contributed by atoms with E-state index in [1.54, 1.807) is 11.3 Å². The molecule has 3 rings (SSSR count). The lowest BCUT2D eigenvalue weighted by atomic mass is 10.1. The summed E-state index contributed by atoms with van der Waals surface area (Å²) < 4.78 is 7.70. The van der Waals surface area contributed by atoms with Crippen LogP contribution in [0.3, 0.4) is 0 Å². The van der Waals surface area contributed by atoms with Crippen LogP contribution in [-0.4, -0.2) is 40.7 Å². The predicted molar refractivity (Wildman–Crippen MR) is 83.8 cm³/mol. The van der Waals surface area contributed by atoms with Crippen molar-refractivity contribution in [2.24, 2.45) is 0 Å². The largest absolute Gasteiger partial charge is 0.372 e. The second-order valence-corrected chi connectivity index (χ2v) is 6.97. The summed E-state index contributed by atoms with van der Waals surface area (Å²) >= 11 is 1.71. The van der Waals surface area contributed by atoms with Gasteiger partial charge in [0.2, 0.25) is 0 Å². The fraction of sp³-hybridized carbons (Fsp3) is 0.438. The molecule has 1 fully saturated rings. The molecule has 1 aliphatic rings. The Morgan fingerprint density at radius 2 is 2.24 bits per heavy atom. The van der Waals surface area contributed by atoms with Crippen LogP contribution in [0.25, 0.3) is 0 Å². The molecule has 2 aromatic rings. The Hall–Kier alpha value is -1.59. The molecule has 2 aromatic heterocycles. The van der Waals surface area contributed by atoms with Crippen molar-refractivity contribution in [1.82, 2.24) is 9.47 Å². The van der Waals surface area contributed by atoms with Gasteiger partial charge in [0, 0.05) is 24.2 Å². The summed E-state index contributed by atoms with van der Waals surface area (Å²) in [5, 5.41) is 2.06. The molecule has 0 N–H and O–H groups in total. The van der Waals surface area contributed by atoms with Gasteiger partial charge in [-0.2, -0.15) is 0 Å². The summed E-state index contributed by atoms with van der Waals surface area (Å²) in [6.07, 6.45) is 1.97. The summed E-state index contributed by atoms with van der Waals surface area (Å²) in [7, 11) is 0. The van der Waals surface area contributed by atoms with E-state index >= 15 is 0 Å². The van der Waals surface area contributed by atoms with E-state index in [0.717, 1.165) is 12.2 Å². The standard InChI is InChI=1S/C16H20N2O2S/c1-16(2)12-18(8-9-20-16)15(19)14-6-3-7-17(14)11-13-5-4-10-21-13/h3-7,10H,8-9,11-12H2,1-2H3. The zero-order valence-corrected chi connectivity index (χ0v) is 13.2. The lowest BCUT2D eigenvalue weighted by molar-refractivity contribution is -0.0765. The van der Waals surface area contributed by atoms with Crippen molar-refractivity contribution < 1.29 is 9.53 Å². The molecule has 0 radical (unpaired) electrons. The highest BCUT2D eigenvalue weighted by Crippen LogP contribution is 2.20. The highest BCUT2D eigenvalue weighted by Gasteiger charge is 2.31. The molecule has 112 valence electrons. The van der Waals surface area contributed by atoms with E-state index in [-0.39, 0.29) is 11.5 Å². The Labute approximate surface area is 128 Å². The smallest absolute Gasteiger partial charge is 0.270 e. The Morgan fingerprint density at radius 3 is 2.95 bits per heavy atom. The maximum atomic E-state index is 12.8. The van der Waals surface area contributed by atoms with Gasteiger partial charge in [-0.25, -0.2) is 0 Å². The van der Waals surface area contributed by atoms with Crippen molar-refractivity contribution >= 4 is 17.2 Å².